The fraction of sp³-hybridized carbons (Fsp3) is 0.750. The molecule has 0 saturated carbocycles. The minimum Gasteiger partial charge on any atom is -0.370 e. The van der Waals surface area contributed by atoms with Gasteiger partial charge >= 0.3 is 0 Å². The zero-order chi connectivity index (χ0) is 10.1. The van der Waals surface area contributed by atoms with E-state index in [1.807, 2.05) is 0 Å². The summed E-state index contributed by atoms with van der Waals surface area (Å²) in [7, 11) is 0. The maximum absolute atomic E-state index is 10.4. The van der Waals surface area contributed by atoms with Gasteiger partial charge in [-0.3, -0.25) is 4.79 Å². The van der Waals surface area contributed by atoms with Gasteiger partial charge in [0.05, 0.1) is 0 Å². The third kappa shape index (κ3) is 9.07. The topological polar surface area (TPSA) is 67.2 Å². The van der Waals surface area contributed by atoms with E-state index in [2.05, 4.69) is 17.6 Å². The Morgan fingerprint density at radius 2 is 2.00 bits per heavy atom. The van der Waals surface area contributed by atoms with Crippen LogP contribution >= 0.6 is 12.2 Å². The van der Waals surface area contributed by atoms with E-state index in [0.29, 0.717) is 18.1 Å². The van der Waals surface area contributed by atoms with Crippen molar-refractivity contribution in [1.29, 1.82) is 0 Å². The summed E-state index contributed by atoms with van der Waals surface area (Å²) in [5, 5.41) is 6.65. The third-order valence-corrected chi connectivity index (χ3v) is 1.71. The summed E-state index contributed by atoms with van der Waals surface area (Å²) in [4.78, 5) is 10.4. The number of hydrogen-bond acceptors (Lipinski definition) is 2. The van der Waals surface area contributed by atoms with E-state index < -0.39 is 0 Å². The van der Waals surface area contributed by atoms with E-state index in [0.717, 1.165) is 19.4 Å². The van der Waals surface area contributed by atoms with Gasteiger partial charge in [-0.1, -0.05) is 6.92 Å². The Kier molecular flexibility index (Phi) is 7.29. The normalized spacial score (nSPS) is 9.31. The summed E-state index contributed by atoms with van der Waals surface area (Å²) in [5.41, 5.74) is 4.97. The Hall–Kier alpha value is -0.840. The van der Waals surface area contributed by atoms with Gasteiger partial charge < -0.3 is 16.4 Å². The fourth-order valence-electron chi connectivity index (χ4n) is 0.766. The van der Waals surface area contributed by atoms with Gasteiger partial charge in [-0.2, -0.15) is 0 Å². The molecule has 0 aliphatic heterocycles. The van der Waals surface area contributed by atoms with Crippen LogP contribution in [0.1, 0.15) is 26.2 Å². The number of nitrogens with one attached hydrogen (secondary N) is 2. The average molecular weight is 203 g/mol. The summed E-state index contributed by atoms with van der Waals surface area (Å²) in [5.74, 6) is -0.269. The number of amides is 1. The summed E-state index contributed by atoms with van der Waals surface area (Å²) >= 11 is 4.96. The van der Waals surface area contributed by atoms with Crippen LogP contribution in [0.3, 0.4) is 0 Å². The maximum Gasteiger partial charge on any atom is 0.217 e. The lowest BCUT2D eigenvalue weighted by Crippen LogP contribution is -2.36. The van der Waals surface area contributed by atoms with Crippen molar-refractivity contribution in [2.24, 2.45) is 5.73 Å². The lowest BCUT2D eigenvalue weighted by atomic mass is 10.3. The Labute approximate surface area is 84.3 Å². The third-order valence-electron chi connectivity index (χ3n) is 1.42. The van der Waals surface area contributed by atoms with E-state index in [9.17, 15) is 4.79 Å². The number of thiocarbonyl (C=S) groups is 1. The standard InChI is InChI=1S/C8H17N3OS/c1-2-5-10-8(13)11-6-3-4-7(9)12/h2-6H2,1H3,(H2,9,12)(H2,10,11,13). The Morgan fingerprint density at radius 1 is 1.38 bits per heavy atom. The first-order valence-electron chi connectivity index (χ1n) is 4.46. The first kappa shape index (κ1) is 12.2. The van der Waals surface area contributed by atoms with Gasteiger partial charge in [0.2, 0.25) is 5.91 Å². The fourth-order valence-corrected chi connectivity index (χ4v) is 0.970. The highest BCUT2D eigenvalue weighted by Gasteiger charge is 1.95. The van der Waals surface area contributed by atoms with Gasteiger partial charge in [-0.05, 0) is 25.1 Å². The molecule has 0 heterocycles. The molecule has 0 unspecified atom stereocenters. The SMILES string of the molecule is CCCNC(=S)NCCCC(N)=O. The van der Waals surface area contributed by atoms with Crippen molar-refractivity contribution >= 4 is 23.2 Å². The summed E-state index contributed by atoms with van der Waals surface area (Å²) in [6.45, 7) is 3.64. The zero-order valence-electron chi connectivity index (χ0n) is 7.93. The molecule has 0 aromatic carbocycles. The van der Waals surface area contributed by atoms with Crippen molar-refractivity contribution in [1.82, 2.24) is 10.6 Å². The minimum atomic E-state index is -0.269. The Balaban J connectivity index is 3.22. The molecule has 0 aromatic heterocycles. The van der Waals surface area contributed by atoms with Gasteiger partial charge in [0, 0.05) is 19.5 Å². The largest absolute Gasteiger partial charge is 0.370 e. The van der Waals surface area contributed by atoms with Crippen molar-refractivity contribution < 1.29 is 4.79 Å². The highest BCUT2D eigenvalue weighted by molar-refractivity contribution is 7.80. The molecule has 0 spiro atoms. The zero-order valence-corrected chi connectivity index (χ0v) is 8.75. The summed E-state index contributed by atoms with van der Waals surface area (Å²) < 4.78 is 0. The maximum atomic E-state index is 10.4. The van der Waals surface area contributed by atoms with Crippen molar-refractivity contribution in [2.45, 2.75) is 26.2 Å². The van der Waals surface area contributed by atoms with Gasteiger partial charge in [0.25, 0.3) is 0 Å². The minimum absolute atomic E-state index is 0.269. The van der Waals surface area contributed by atoms with E-state index >= 15 is 0 Å². The molecule has 1 amide bonds. The highest BCUT2D eigenvalue weighted by atomic mass is 32.1. The van der Waals surface area contributed by atoms with Crippen LogP contribution in [-0.2, 0) is 4.79 Å². The second-order valence-electron chi connectivity index (χ2n) is 2.75. The number of carbonyl (C=O) groups is 1. The molecule has 5 heteroatoms. The van der Waals surface area contributed by atoms with Crippen LogP contribution in [-0.4, -0.2) is 24.1 Å². The van der Waals surface area contributed by atoms with Crippen molar-refractivity contribution in [3.05, 3.63) is 0 Å². The van der Waals surface area contributed by atoms with Crippen LogP contribution in [0.4, 0.5) is 0 Å². The van der Waals surface area contributed by atoms with Crippen LogP contribution in [0.25, 0.3) is 0 Å². The molecule has 0 atom stereocenters. The predicted octanol–water partition coefficient (Wildman–Crippen LogP) is 0.126. The molecule has 0 rings (SSSR count). The van der Waals surface area contributed by atoms with Gasteiger partial charge in [0.15, 0.2) is 5.11 Å². The molecule has 76 valence electrons. The van der Waals surface area contributed by atoms with Crippen LogP contribution in [0.5, 0.6) is 0 Å². The molecule has 0 aromatic rings. The number of nitrogens with two attached hydrogens (primary N) is 1. The van der Waals surface area contributed by atoms with Crippen LogP contribution in [0.15, 0.2) is 0 Å². The van der Waals surface area contributed by atoms with Crippen molar-refractivity contribution in [3.63, 3.8) is 0 Å². The van der Waals surface area contributed by atoms with E-state index in [1.54, 1.807) is 0 Å². The number of rotatable bonds is 6. The van der Waals surface area contributed by atoms with Gasteiger partial charge in [-0.25, -0.2) is 0 Å². The molecule has 13 heavy (non-hydrogen) atoms. The molecule has 0 saturated heterocycles. The molecule has 0 bridgehead atoms. The van der Waals surface area contributed by atoms with Crippen molar-refractivity contribution in [3.8, 4) is 0 Å². The second kappa shape index (κ2) is 7.79. The first-order valence-corrected chi connectivity index (χ1v) is 4.87. The van der Waals surface area contributed by atoms with Gasteiger partial charge in [0.1, 0.15) is 0 Å². The van der Waals surface area contributed by atoms with E-state index in [1.165, 1.54) is 0 Å². The molecular weight excluding hydrogens is 186 g/mol. The Bertz CT molecular complexity index is 173. The second-order valence-corrected chi connectivity index (χ2v) is 3.16. The van der Waals surface area contributed by atoms with E-state index in [4.69, 9.17) is 18.0 Å². The molecular formula is C8H17N3OS. The highest BCUT2D eigenvalue weighted by Crippen LogP contribution is 1.84. The van der Waals surface area contributed by atoms with Crippen LogP contribution in [0, 0.1) is 0 Å². The quantitative estimate of drug-likeness (QED) is 0.424. The van der Waals surface area contributed by atoms with Crippen LogP contribution in [0.2, 0.25) is 0 Å². The molecule has 4 nitrogen and oxygen atoms in total. The first-order chi connectivity index (χ1) is 6.16. The Morgan fingerprint density at radius 3 is 2.54 bits per heavy atom. The number of primary amides is 1. The number of carbonyl (C=O) groups excluding carboxylic acids is 1. The molecule has 0 radical (unpaired) electrons. The molecule has 4 N–H and O–H groups in total. The molecule has 0 aliphatic rings. The smallest absolute Gasteiger partial charge is 0.217 e. The number of hydrogen-bond donors (Lipinski definition) is 3. The van der Waals surface area contributed by atoms with Crippen molar-refractivity contribution in [2.75, 3.05) is 13.1 Å². The molecule has 0 fully saturated rings. The monoisotopic (exact) mass is 203 g/mol. The lowest BCUT2D eigenvalue weighted by Gasteiger charge is -2.08. The van der Waals surface area contributed by atoms with Gasteiger partial charge in [-0.15, -0.1) is 0 Å². The summed E-state index contributed by atoms with van der Waals surface area (Å²) in [6.07, 6.45) is 2.18. The van der Waals surface area contributed by atoms with Crippen LogP contribution < -0.4 is 16.4 Å². The average Bonchev–Trinajstić information content (AvgIpc) is 2.08. The van der Waals surface area contributed by atoms with E-state index in [-0.39, 0.29) is 5.91 Å². The lowest BCUT2D eigenvalue weighted by molar-refractivity contribution is -0.118. The summed E-state index contributed by atoms with van der Waals surface area (Å²) in [6, 6.07) is 0. The molecule has 0 aliphatic carbocycles. The predicted molar refractivity (Wildman–Crippen MR) is 57.3 cm³/mol.